The number of nitriles is 1. The van der Waals surface area contributed by atoms with Crippen LogP contribution in [0.4, 0.5) is 0 Å². The Morgan fingerprint density at radius 2 is 2.46 bits per heavy atom. The minimum Gasteiger partial charge on any atom is -0.493 e. The van der Waals surface area contributed by atoms with Gasteiger partial charge in [0.1, 0.15) is 6.10 Å². The van der Waals surface area contributed by atoms with Gasteiger partial charge in [-0.2, -0.15) is 5.26 Å². The Bertz CT molecular complexity index is 309. The van der Waals surface area contributed by atoms with Crippen LogP contribution in [0.5, 0.6) is 0 Å². The molecule has 13 heavy (non-hydrogen) atoms. The summed E-state index contributed by atoms with van der Waals surface area (Å²) < 4.78 is 5.49. The quantitative estimate of drug-likeness (QED) is 0.530. The average molecular weight is 175 g/mol. The summed E-state index contributed by atoms with van der Waals surface area (Å²) in [5, 5.41) is 8.72. The first-order valence-electron chi connectivity index (χ1n) is 4.71. The number of hydrogen-bond acceptors (Lipinski definition) is 2. The fraction of sp³-hybridized carbons (Fsp3) is 0.545. The first kappa shape index (κ1) is 8.37. The third kappa shape index (κ3) is 1.60. The highest BCUT2D eigenvalue weighted by Gasteiger charge is 2.28. The van der Waals surface area contributed by atoms with Gasteiger partial charge in [-0.1, -0.05) is 5.57 Å². The van der Waals surface area contributed by atoms with Gasteiger partial charge in [-0.3, -0.25) is 0 Å². The Balaban J connectivity index is 2.15. The van der Waals surface area contributed by atoms with Crippen LogP contribution < -0.4 is 0 Å². The smallest absolute Gasteiger partial charge is 0.119 e. The van der Waals surface area contributed by atoms with Crippen LogP contribution in [0.1, 0.15) is 26.2 Å². The van der Waals surface area contributed by atoms with Crippen molar-refractivity contribution in [1.29, 1.82) is 5.26 Å². The van der Waals surface area contributed by atoms with E-state index in [1.165, 1.54) is 5.57 Å². The topological polar surface area (TPSA) is 33.0 Å². The van der Waals surface area contributed by atoms with Gasteiger partial charge in [0.15, 0.2) is 0 Å². The van der Waals surface area contributed by atoms with E-state index in [9.17, 15) is 0 Å². The van der Waals surface area contributed by atoms with Gasteiger partial charge in [0, 0.05) is 5.92 Å². The van der Waals surface area contributed by atoms with Crippen LogP contribution in [0.15, 0.2) is 23.5 Å². The molecule has 1 aliphatic heterocycles. The van der Waals surface area contributed by atoms with E-state index in [0.29, 0.717) is 5.92 Å². The van der Waals surface area contributed by atoms with E-state index in [1.54, 1.807) is 6.26 Å². The lowest BCUT2D eigenvalue weighted by atomic mass is 9.83. The van der Waals surface area contributed by atoms with Gasteiger partial charge in [-0.15, -0.1) is 0 Å². The van der Waals surface area contributed by atoms with Crippen LogP contribution in [0.3, 0.4) is 0 Å². The van der Waals surface area contributed by atoms with Crippen LogP contribution >= 0.6 is 0 Å². The zero-order valence-corrected chi connectivity index (χ0v) is 7.79. The lowest BCUT2D eigenvalue weighted by Crippen LogP contribution is -2.27. The van der Waals surface area contributed by atoms with Gasteiger partial charge in [0.05, 0.1) is 17.9 Å². The van der Waals surface area contributed by atoms with E-state index < -0.39 is 0 Å². The monoisotopic (exact) mass is 175 g/mol. The maximum Gasteiger partial charge on any atom is 0.119 e. The molecule has 0 saturated heterocycles. The summed E-state index contributed by atoms with van der Waals surface area (Å²) in [5.74, 6) is 0.531. The third-order valence-corrected chi connectivity index (χ3v) is 2.82. The van der Waals surface area contributed by atoms with Crippen LogP contribution in [0.25, 0.3) is 0 Å². The van der Waals surface area contributed by atoms with Crippen molar-refractivity contribution >= 4 is 0 Å². The van der Waals surface area contributed by atoms with Crippen molar-refractivity contribution in [3.63, 3.8) is 0 Å². The molecule has 0 radical (unpaired) electrons. The van der Waals surface area contributed by atoms with E-state index >= 15 is 0 Å². The molecule has 0 aromatic rings. The highest BCUT2D eigenvalue weighted by atomic mass is 16.5. The maximum absolute atomic E-state index is 8.72. The zero-order valence-electron chi connectivity index (χ0n) is 7.79. The molecule has 2 nitrogen and oxygen atoms in total. The van der Waals surface area contributed by atoms with E-state index in [-0.39, 0.29) is 6.10 Å². The van der Waals surface area contributed by atoms with E-state index in [0.717, 1.165) is 24.8 Å². The van der Waals surface area contributed by atoms with E-state index in [2.05, 4.69) is 19.1 Å². The van der Waals surface area contributed by atoms with Crippen molar-refractivity contribution in [2.24, 2.45) is 5.92 Å². The summed E-state index contributed by atoms with van der Waals surface area (Å²) >= 11 is 0. The molecule has 2 rings (SSSR count). The molecule has 2 aliphatic rings. The number of nitrogens with zero attached hydrogens (tertiary/aromatic N) is 1. The third-order valence-electron chi connectivity index (χ3n) is 2.82. The Labute approximate surface area is 78.5 Å². The van der Waals surface area contributed by atoms with Gasteiger partial charge in [-0.05, 0) is 32.3 Å². The molecule has 0 spiro atoms. The predicted molar refractivity (Wildman–Crippen MR) is 49.7 cm³/mol. The van der Waals surface area contributed by atoms with Crippen LogP contribution in [0.2, 0.25) is 0 Å². The highest BCUT2D eigenvalue weighted by Crippen LogP contribution is 2.33. The highest BCUT2D eigenvalue weighted by molar-refractivity contribution is 5.24. The minimum absolute atomic E-state index is 0.228. The van der Waals surface area contributed by atoms with Crippen molar-refractivity contribution in [2.45, 2.75) is 32.3 Å². The lowest BCUT2D eigenvalue weighted by molar-refractivity contribution is 0.0965. The molecule has 2 heteroatoms. The van der Waals surface area contributed by atoms with E-state index in [1.807, 2.05) is 0 Å². The predicted octanol–water partition coefficient (Wildman–Crippen LogP) is 2.54. The molecule has 0 amide bonds. The second kappa shape index (κ2) is 3.26. The van der Waals surface area contributed by atoms with E-state index in [4.69, 9.17) is 10.00 Å². The molecule has 2 unspecified atom stereocenters. The number of allylic oxidation sites excluding steroid dienone is 2. The SMILES string of the molecule is CC1=CC2OC=C(C#N)CC2CC1. The van der Waals surface area contributed by atoms with Gasteiger partial charge in [0.25, 0.3) is 0 Å². The summed E-state index contributed by atoms with van der Waals surface area (Å²) in [4.78, 5) is 0. The van der Waals surface area contributed by atoms with Crippen LogP contribution in [0, 0.1) is 17.2 Å². The maximum atomic E-state index is 8.72. The normalized spacial score (nSPS) is 32.0. The number of ether oxygens (including phenoxy) is 1. The second-order valence-corrected chi connectivity index (χ2v) is 3.87. The molecule has 1 aliphatic carbocycles. The fourth-order valence-electron chi connectivity index (χ4n) is 2.01. The van der Waals surface area contributed by atoms with Crippen LogP contribution in [-0.2, 0) is 4.74 Å². The molecule has 68 valence electrons. The molecular formula is C11H13NO. The molecule has 0 aromatic carbocycles. The minimum atomic E-state index is 0.228. The zero-order chi connectivity index (χ0) is 9.26. The van der Waals surface area contributed by atoms with Crippen molar-refractivity contribution in [1.82, 2.24) is 0 Å². The second-order valence-electron chi connectivity index (χ2n) is 3.87. The number of fused-ring (bicyclic) bond motifs is 1. The largest absolute Gasteiger partial charge is 0.493 e. The molecule has 0 bridgehead atoms. The van der Waals surface area contributed by atoms with Crippen molar-refractivity contribution in [3.05, 3.63) is 23.5 Å². The number of hydrogen-bond donors (Lipinski definition) is 0. The first-order chi connectivity index (χ1) is 6.29. The van der Waals surface area contributed by atoms with Crippen molar-refractivity contribution in [3.8, 4) is 6.07 Å². The van der Waals surface area contributed by atoms with Crippen LogP contribution in [-0.4, -0.2) is 6.10 Å². The molecule has 0 saturated carbocycles. The summed E-state index contributed by atoms with van der Waals surface area (Å²) in [5.41, 5.74) is 2.20. The van der Waals surface area contributed by atoms with Crippen molar-refractivity contribution in [2.75, 3.05) is 0 Å². The van der Waals surface area contributed by atoms with Gasteiger partial charge in [0.2, 0.25) is 0 Å². The van der Waals surface area contributed by atoms with Crippen molar-refractivity contribution < 1.29 is 4.74 Å². The summed E-state index contributed by atoms with van der Waals surface area (Å²) in [6, 6.07) is 2.16. The molecule has 1 heterocycles. The molecule has 0 N–H and O–H groups in total. The first-order valence-corrected chi connectivity index (χ1v) is 4.71. The molecular weight excluding hydrogens is 162 g/mol. The number of rotatable bonds is 0. The van der Waals surface area contributed by atoms with Gasteiger partial charge in [-0.25, -0.2) is 0 Å². The standard InChI is InChI=1S/C11H13NO/c1-8-2-3-10-5-9(6-12)7-13-11(10)4-8/h4,7,10-11H,2-3,5H2,1H3. The molecule has 2 atom stereocenters. The fourth-order valence-corrected chi connectivity index (χ4v) is 2.01. The van der Waals surface area contributed by atoms with Gasteiger partial charge >= 0.3 is 0 Å². The Kier molecular flexibility index (Phi) is 2.10. The lowest BCUT2D eigenvalue weighted by Gasteiger charge is -2.31. The molecule has 0 aromatic heterocycles. The Morgan fingerprint density at radius 1 is 1.62 bits per heavy atom. The molecule has 0 fully saturated rings. The summed E-state index contributed by atoms with van der Waals surface area (Å²) in [7, 11) is 0. The Hall–Kier alpha value is -1.23. The van der Waals surface area contributed by atoms with Gasteiger partial charge < -0.3 is 4.74 Å². The average Bonchev–Trinajstić information content (AvgIpc) is 2.17. The summed E-state index contributed by atoms with van der Waals surface area (Å²) in [6.45, 7) is 2.14. The Morgan fingerprint density at radius 3 is 3.23 bits per heavy atom. The summed E-state index contributed by atoms with van der Waals surface area (Å²) in [6.07, 6.45) is 7.25.